The van der Waals surface area contributed by atoms with Gasteiger partial charge in [-0.1, -0.05) is 358 Å². The van der Waals surface area contributed by atoms with Crippen molar-refractivity contribution in [3.05, 3.63) is 48.6 Å². The molecular formula is C69H131NO3. The Labute approximate surface area is 458 Å². The number of aliphatic hydroxyl groups excluding tert-OH is 2. The smallest absolute Gasteiger partial charge is 0.220 e. The van der Waals surface area contributed by atoms with Gasteiger partial charge in [-0.25, -0.2) is 0 Å². The van der Waals surface area contributed by atoms with Crippen LogP contribution in [0, 0.1) is 0 Å². The molecule has 4 heteroatoms. The highest BCUT2D eigenvalue weighted by atomic mass is 16.3. The van der Waals surface area contributed by atoms with Crippen LogP contribution in [0.5, 0.6) is 0 Å². The maximum absolute atomic E-state index is 12.6. The van der Waals surface area contributed by atoms with Gasteiger partial charge in [0.2, 0.25) is 5.91 Å². The zero-order valence-corrected chi connectivity index (χ0v) is 49.7. The van der Waals surface area contributed by atoms with Crippen molar-refractivity contribution in [2.24, 2.45) is 0 Å². The van der Waals surface area contributed by atoms with Crippen LogP contribution in [0.15, 0.2) is 48.6 Å². The van der Waals surface area contributed by atoms with E-state index in [1.54, 1.807) is 0 Å². The van der Waals surface area contributed by atoms with Gasteiger partial charge in [0.1, 0.15) is 0 Å². The van der Waals surface area contributed by atoms with Crippen molar-refractivity contribution in [2.45, 2.75) is 379 Å². The predicted molar refractivity (Wildman–Crippen MR) is 327 cm³/mol. The number of amides is 1. The summed E-state index contributed by atoms with van der Waals surface area (Å²) in [7, 11) is 0. The molecule has 0 saturated heterocycles. The molecular weight excluding hydrogens is 891 g/mol. The van der Waals surface area contributed by atoms with Gasteiger partial charge >= 0.3 is 0 Å². The number of carbonyl (C=O) groups excluding carboxylic acids is 1. The quantitative estimate of drug-likeness (QED) is 0.0420. The number of rotatable bonds is 62. The van der Waals surface area contributed by atoms with Gasteiger partial charge in [-0.3, -0.25) is 4.79 Å². The second-order valence-corrected chi connectivity index (χ2v) is 22.9. The van der Waals surface area contributed by atoms with Crippen LogP contribution in [-0.4, -0.2) is 34.9 Å². The van der Waals surface area contributed by atoms with Crippen LogP contribution in [-0.2, 0) is 4.79 Å². The van der Waals surface area contributed by atoms with Gasteiger partial charge in [-0.05, 0) is 51.4 Å². The second-order valence-electron chi connectivity index (χ2n) is 22.9. The van der Waals surface area contributed by atoms with Gasteiger partial charge in [0, 0.05) is 6.42 Å². The van der Waals surface area contributed by atoms with Crippen LogP contribution >= 0.6 is 0 Å². The van der Waals surface area contributed by atoms with Gasteiger partial charge in [-0.2, -0.15) is 0 Å². The van der Waals surface area contributed by atoms with Crippen LogP contribution in [0.25, 0.3) is 0 Å². The van der Waals surface area contributed by atoms with Crippen LogP contribution in [0.2, 0.25) is 0 Å². The maximum Gasteiger partial charge on any atom is 0.220 e. The van der Waals surface area contributed by atoms with Gasteiger partial charge in [0.25, 0.3) is 0 Å². The summed E-state index contributed by atoms with van der Waals surface area (Å²) in [6, 6.07) is -0.537. The Kier molecular flexibility index (Phi) is 63.2. The van der Waals surface area contributed by atoms with Crippen molar-refractivity contribution in [3.63, 3.8) is 0 Å². The lowest BCUT2D eigenvalue weighted by Gasteiger charge is -2.22. The average Bonchev–Trinajstić information content (AvgIpc) is 3.40. The largest absolute Gasteiger partial charge is 0.394 e. The molecule has 0 radical (unpaired) electrons. The summed E-state index contributed by atoms with van der Waals surface area (Å²) < 4.78 is 0. The molecule has 4 nitrogen and oxygen atoms in total. The molecule has 2 atom stereocenters. The fraction of sp³-hybridized carbons (Fsp3) is 0.870. The van der Waals surface area contributed by atoms with Gasteiger partial charge < -0.3 is 15.5 Å². The van der Waals surface area contributed by atoms with Gasteiger partial charge in [0.15, 0.2) is 0 Å². The summed E-state index contributed by atoms with van der Waals surface area (Å²) in [4.78, 5) is 12.6. The minimum atomic E-state index is -0.660. The SMILES string of the molecule is CC/C=C\C/C=C\C/C=C\C/C=C\CCCCCCCCCCCCCCCCCCCCCCC(=O)NC(CO)C(O)CCCCCCCCCCCCCCCCCCCCCCCCCCCCCC. The molecule has 430 valence electrons. The normalized spacial score (nSPS) is 13.0. The monoisotopic (exact) mass is 1020 g/mol. The van der Waals surface area contributed by atoms with Crippen molar-refractivity contribution in [1.29, 1.82) is 0 Å². The van der Waals surface area contributed by atoms with E-state index in [-0.39, 0.29) is 12.5 Å². The Bertz CT molecular complexity index is 1160. The molecule has 0 aliphatic carbocycles. The maximum atomic E-state index is 12.6. The van der Waals surface area contributed by atoms with Crippen molar-refractivity contribution in [3.8, 4) is 0 Å². The first-order valence-corrected chi connectivity index (χ1v) is 33.3. The van der Waals surface area contributed by atoms with Crippen LogP contribution in [0.1, 0.15) is 367 Å². The summed E-state index contributed by atoms with van der Waals surface area (Å²) in [5.74, 6) is -0.0242. The Morgan fingerprint density at radius 1 is 0.342 bits per heavy atom. The molecule has 2 unspecified atom stereocenters. The molecule has 3 N–H and O–H groups in total. The first kappa shape index (κ1) is 71.3. The Morgan fingerprint density at radius 3 is 0.904 bits per heavy atom. The van der Waals surface area contributed by atoms with E-state index in [0.717, 1.165) is 51.4 Å². The summed E-state index contributed by atoms with van der Waals surface area (Å²) in [5, 5.41) is 23.5. The number of hydrogen-bond acceptors (Lipinski definition) is 3. The molecule has 73 heavy (non-hydrogen) atoms. The second kappa shape index (κ2) is 64.6. The summed E-state index contributed by atoms with van der Waals surface area (Å²) in [5.41, 5.74) is 0. The third-order valence-corrected chi connectivity index (χ3v) is 15.6. The standard InChI is InChI=1S/C69H131NO3/c1-3-5-7-9-11-13-15-17-19-21-23-25-27-29-31-33-34-35-36-37-39-41-43-45-47-49-51-53-55-57-59-61-63-65-69(73)70-67(66-71)68(72)64-62-60-58-56-54-52-50-48-46-44-42-40-38-32-30-28-26-24-22-20-18-16-14-12-10-8-6-4-2/h5,7,11,13,17,19,23,25,67-68,71-72H,3-4,6,8-10,12,14-16,18,20-22,24,26-66H2,1-2H3,(H,70,73)/b7-5-,13-11-,19-17-,25-23-. The minimum Gasteiger partial charge on any atom is -0.394 e. The van der Waals surface area contributed by atoms with E-state index in [9.17, 15) is 15.0 Å². The number of unbranched alkanes of at least 4 members (excludes halogenated alkanes) is 47. The van der Waals surface area contributed by atoms with Crippen LogP contribution in [0.3, 0.4) is 0 Å². The minimum absolute atomic E-state index is 0.0242. The molecule has 0 rings (SSSR count). The highest BCUT2D eigenvalue weighted by molar-refractivity contribution is 5.76. The third kappa shape index (κ3) is 61.1. The predicted octanol–water partition coefficient (Wildman–Crippen LogP) is 22.5. The highest BCUT2D eigenvalue weighted by Crippen LogP contribution is 2.19. The number of carbonyl (C=O) groups is 1. The molecule has 0 spiro atoms. The molecule has 0 aliphatic rings. The lowest BCUT2D eigenvalue weighted by atomic mass is 10.0. The van der Waals surface area contributed by atoms with E-state index < -0.39 is 12.1 Å². The Hall–Kier alpha value is -1.65. The fourth-order valence-electron chi connectivity index (χ4n) is 10.6. The molecule has 0 aromatic heterocycles. The van der Waals surface area contributed by atoms with Crippen LogP contribution in [0.4, 0.5) is 0 Å². The van der Waals surface area contributed by atoms with E-state index in [1.165, 1.54) is 289 Å². The fourth-order valence-corrected chi connectivity index (χ4v) is 10.6. The average molecular weight is 1020 g/mol. The molecule has 0 aromatic carbocycles. The zero-order chi connectivity index (χ0) is 52.7. The number of nitrogens with one attached hydrogen (secondary N) is 1. The topological polar surface area (TPSA) is 69.6 Å². The van der Waals surface area contributed by atoms with Crippen molar-refractivity contribution < 1.29 is 15.0 Å². The summed E-state index contributed by atoms with van der Waals surface area (Å²) in [6.07, 6.45) is 90.1. The lowest BCUT2D eigenvalue weighted by molar-refractivity contribution is -0.123. The zero-order valence-electron chi connectivity index (χ0n) is 49.7. The van der Waals surface area contributed by atoms with Gasteiger partial charge in [0.05, 0.1) is 18.8 Å². The molecule has 0 bridgehead atoms. The Morgan fingerprint density at radius 2 is 0.603 bits per heavy atom. The van der Waals surface area contributed by atoms with E-state index in [4.69, 9.17) is 0 Å². The van der Waals surface area contributed by atoms with E-state index >= 15 is 0 Å². The van der Waals surface area contributed by atoms with Crippen LogP contribution < -0.4 is 5.32 Å². The number of hydrogen-bond donors (Lipinski definition) is 3. The molecule has 0 fully saturated rings. The number of allylic oxidation sites excluding steroid dienone is 8. The molecule has 0 saturated carbocycles. The lowest BCUT2D eigenvalue weighted by Crippen LogP contribution is -2.45. The molecule has 0 aliphatic heterocycles. The van der Waals surface area contributed by atoms with Crippen molar-refractivity contribution in [1.82, 2.24) is 5.32 Å². The van der Waals surface area contributed by atoms with Gasteiger partial charge in [-0.15, -0.1) is 0 Å². The van der Waals surface area contributed by atoms with E-state index in [2.05, 4.69) is 67.8 Å². The molecule has 1 amide bonds. The van der Waals surface area contributed by atoms with Crippen molar-refractivity contribution in [2.75, 3.05) is 6.61 Å². The third-order valence-electron chi connectivity index (χ3n) is 15.6. The first-order valence-electron chi connectivity index (χ1n) is 33.3. The summed E-state index contributed by atoms with van der Waals surface area (Å²) in [6.45, 7) is 4.29. The Balaban J connectivity index is 3.40. The van der Waals surface area contributed by atoms with E-state index in [1.807, 2.05) is 0 Å². The molecule has 0 aromatic rings. The van der Waals surface area contributed by atoms with Crippen molar-refractivity contribution >= 4 is 5.91 Å². The summed E-state index contributed by atoms with van der Waals surface area (Å²) >= 11 is 0. The molecule has 0 heterocycles. The highest BCUT2D eigenvalue weighted by Gasteiger charge is 2.20. The number of aliphatic hydroxyl groups is 2. The van der Waals surface area contributed by atoms with E-state index in [0.29, 0.717) is 12.8 Å². The first-order chi connectivity index (χ1) is 36.2.